The number of hydrogen-bond donors (Lipinski definition) is 1. The standard InChI is InChI=1S/C14H18N6O2/c1-8-10(6-16-14(17-8)20(2)3)12(21)15-7-11-18-13(22-19-11)9-4-5-9/h6,9H,4-5,7H2,1-3H3,(H,15,21). The summed E-state index contributed by atoms with van der Waals surface area (Å²) in [7, 11) is 3.70. The Morgan fingerprint density at radius 2 is 2.18 bits per heavy atom. The molecule has 8 nitrogen and oxygen atoms in total. The van der Waals surface area contributed by atoms with Crippen LogP contribution in [0, 0.1) is 6.92 Å². The van der Waals surface area contributed by atoms with Crippen LogP contribution in [0.3, 0.4) is 0 Å². The summed E-state index contributed by atoms with van der Waals surface area (Å²) >= 11 is 0. The van der Waals surface area contributed by atoms with Crippen molar-refractivity contribution in [1.82, 2.24) is 25.4 Å². The van der Waals surface area contributed by atoms with Gasteiger partial charge in [0.2, 0.25) is 11.8 Å². The number of rotatable bonds is 5. The van der Waals surface area contributed by atoms with Crippen LogP contribution in [0.5, 0.6) is 0 Å². The largest absolute Gasteiger partial charge is 0.347 e. The van der Waals surface area contributed by atoms with Crippen molar-refractivity contribution in [3.63, 3.8) is 0 Å². The molecule has 116 valence electrons. The molecule has 0 saturated heterocycles. The first-order valence-electron chi connectivity index (χ1n) is 7.16. The number of amides is 1. The minimum Gasteiger partial charge on any atom is -0.347 e. The lowest BCUT2D eigenvalue weighted by Crippen LogP contribution is -2.25. The fraction of sp³-hybridized carbons (Fsp3) is 0.500. The highest BCUT2D eigenvalue weighted by Gasteiger charge is 2.29. The number of anilines is 1. The normalized spacial score (nSPS) is 14.0. The van der Waals surface area contributed by atoms with E-state index in [2.05, 4.69) is 25.4 Å². The van der Waals surface area contributed by atoms with E-state index in [4.69, 9.17) is 4.52 Å². The second kappa shape index (κ2) is 5.70. The van der Waals surface area contributed by atoms with Crippen LogP contribution in [0.1, 0.15) is 46.5 Å². The van der Waals surface area contributed by atoms with E-state index in [0.29, 0.717) is 34.8 Å². The first-order chi connectivity index (χ1) is 10.5. The van der Waals surface area contributed by atoms with Crippen molar-refractivity contribution in [2.75, 3.05) is 19.0 Å². The maximum Gasteiger partial charge on any atom is 0.255 e. The fourth-order valence-corrected chi connectivity index (χ4v) is 1.98. The number of hydrogen-bond acceptors (Lipinski definition) is 7. The third-order valence-corrected chi connectivity index (χ3v) is 3.43. The van der Waals surface area contributed by atoms with Crippen molar-refractivity contribution < 1.29 is 9.32 Å². The lowest BCUT2D eigenvalue weighted by Gasteiger charge is -2.12. The van der Waals surface area contributed by atoms with Crippen molar-refractivity contribution in [2.45, 2.75) is 32.2 Å². The molecule has 8 heteroatoms. The predicted molar refractivity (Wildman–Crippen MR) is 78.5 cm³/mol. The summed E-state index contributed by atoms with van der Waals surface area (Å²) in [5, 5.41) is 6.62. The molecule has 0 aliphatic heterocycles. The van der Waals surface area contributed by atoms with Gasteiger partial charge in [-0.05, 0) is 19.8 Å². The van der Waals surface area contributed by atoms with Gasteiger partial charge in [-0.3, -0.25) is 4.79 Å². The Balaban J connectivity index is 1.63. The van der Waals surface area contributed by atoms with Gasteiger partial charge in [-0.15, -0.1) is 0 Å². The van der Waals surface area contributed by atoms with Gasteiger partial charge in [0, 0.05) is 26.2 Å². The molecule has 22 heavy (non-hydrogen) atoms. The smallest absolute Gasteiger partial charge is 0.255 e. The van der Waals surface area contributed by atoms with Crippen LogP contribution in [-0.2, 0) is 6.54 Å². The first kappa shape index (κ1) is 14.4. The van der Waals surface area contributed by atoms with Gasteiger partial charge >= 0.3 is 0 Å². The van der Waals surface area contributed by atoms with Gasteiger partial charge in [0.05, 0.1) is 17.8 Å². The molecule has 0 unspecified atom stereocenters. The Bertz CT molecular complexity index is 692. The molecule has 0 radical (unpaired) electrons. The fourth-order valence-electron chi connectivity index (χ4n) is 1.98. The number of carbonyl (C=O) groups excluding carboxylic acids is 1. The van der Waals surface area contributed by atoms with Crippen LogP contribution in [0.25, 0.3) is 0 Å². The lowest BCUT2D eigenvalue weighted by atomic mass is 10.2. The topological polar surface area (TPSA) is 97.0 Å². The van der Waals surface area contributed by atoms with Crippen LogP contribution >= 0.6 is 0 Å². The highest BCUT2D eigenvalue weighted by molar-refractivity contribution is 5.94. The molecular weight excluding hydrogens is 284 g/mol. The van der Waals surface area contributed by atoms with Crippen molar-refractivity contribution in [3.8, 4) is 0 Å². The Morgan fingerprint density at radius 1 is 1.41 bits per heavy atom. The Morgan fingerprint density at radius 3 is 2.82 bits per heavy atom. The summed E-state index contributed by atoms with van der Waals surface area (Å²) in [6.07, 6.45) is 3.73. The molecule has 1 fully saturated rings. The van der Waals surface area contributed by atoms with Gasteiger partial charge in [0.25, 0.3) is 5.91 Å². The molecule has 1 amide bonds. The van der Waals surface area contributed by atoms with Gasteiger partial charge in [0.15, 0.2) is 5.82 Å². The van der Waals surface area contributed by atoms with E-state index >= 15 is 0 Å². The van der Waals surface area contributed by atoms with Gasteiger partial charge in [0.1, 0.15) is 0 Å². The maximum atomic E-state index is 12.2. The second-order valence-corrected chi connectivity index (χ2v) is 5.57. The summed E-state index contributed by atoms with van der Waals surface area (Å²) in [6, 6.07) is 0. The van der Waals surface area contributed by atoms with Gasteiger partial charge in [-0.25, -0.2) is 9.97 Å². The molecular formula is C14H18N6O2. The summed E-state index contributed by atoms with van der Waals surface area (Å²) in [4.78, 5) is 26.7. The second-order valence-electron chi connectivity index (χ2n) is 5.57. The number of aromatic nitrogens is 4. The number of nitrogens with zero attached hydrogens (tertiary/aromatic N) is 5. The molecule has 0 atom stereocenters. The molecule has 1 N–H and O–H groups in total. The number of nitrogens with one attached hydrogen (secondary N) is 1. The van der Waals surface area contributed by atoms with Crippen LogP contribution in [-0.4, -0.2) is 40.1 Å². The molecule has 1 aliphatic rings. The van der Waals surface area contributed by atoms with E-state index in [0.717, 1.165) is 12.8 Å². The zero-order valence-electron chi connectivity index (χ0n) is 12.8. The molecule has 3 rings (SSSR count). The van der Waals surface area contributed by atoms with Crippen molar-refractivity contribution >= 4 is 11.9 Å². The zero-order chi connectivity index (χ0) is 15.7. The average molecular weight is 302 g/mol. The summed E-state index contributed by atoms with van der Waals surface area (Å²) in [6.45, 7) is 2.01. The molecule has 0 bridgehead atoms. The lowest BCUT2D eigenvalue weighted by molar-refractivity contribution is 0.0948. The molecule has 1 aliphatic carbocycles. The van der Waals surface area contributed by atoms with E-state index in [1.54, 1.807) is 11.8 Å². The highest BCUT2D eigenvalue weighted by atomic mass is 16.5. The van der Waals surface area contributed by atoms with Crippen molar-refractivity contribution in [3.05, 3.63) is 29.2 Å². The van der Waals surface area contributed by atoms with Crippen molar-refractivity contribution in [1.29, 1.82) is 0 Å². The van der Waals surface area contributed by atoms with Crippen LogP contribution in [0.4, 0.5) is 5.95 Å². The maximum absolute atomic E-state index is 12.2. The Kier molecular flexibility index (Phi) is 3.74. The average Bonchev–Trinajstić information content (AvgIpc) is 3.23. The van der Waals surface area contributed by atoms with Gasteiger partial charge in [-0.2, -0.15) is 4.98 Å². The van der Waals surface area contributed by atoms with E-state index in [9.17, 15) is 4.79 Å². The van der Waals surface area contributed by atoms with E-state index in [1.165, 1.54) is 6.20 Å². The quantitative estimate of drug-likeness (QED) is 0.881. The van der Waals surface area contributed by atoms with Crippen LogP contribution in [0.2, 0.25) is 0 Å². The number of carbonyl (C=O) groups is 1. The summed E-state index contributed by atoms with van der Waals surface area (Å²) in [5.41, 5.74) is 1.07. The third kappa shape index (κ3) is 3.05. The molecule has 0 spiro atoms. The monoisotopic (exact) mass is 302 g/mol. The van der Waals surface area contributed by atoms with E-state index in [1.807, 2.05) is 14.1 Å². The molecule has 1 saturated carbocycles. The minimum absolute atomic E-state index is 0.226. The predicted octanol–water partition coefficient (Wildman–Crippen LogP) is 1.04. The Labute approximate surface area is 127 Å². The molecule has 0 aromatic carbocycles. The van der Waals surface area contributed by atoms with E-state index < -0.39 is 0 Å². The van der Waals surface area contributed by atoms with E-state index in [-0.39, 0.29) is 12.5 Å². The first-order valence-corrected chi connectivity index (χ1v) is 7.16. The highest BCUT2D eigenvalue weighted by Crippen LogP contribution is 2.38. The van der Waals surface area contributed by atoms with Crippen LogP contribution in [0.15, 0.2) is 10.7 Å². The molecule has 2 aromatic heterocycles. The summed E-state index contributed by atoms with van der Waals surface area (Å²) in [5.74, 6) is 1.88. The SMILES string of the molecule is Cc1nc(N(C)C)ncc1C(=O)NCc1noc(C2CC2)n1. The summed E-state index contributed by atoms with van der Waals surface area (Å²) < 4.78 is 5.15. The minimum atomic E-state index is -0.249. The molecule has 2 heterocycles. The van der Waals surface area contributed by atoms with Gasteiger partial charge in [-0.1, -0.05) is 5.16 Å². The van der Waals surface area contributed by atoms with Gasteiger partial charge < -0.3 is 14.7 Å². The molecule has 2 aromatic rings. The number of aryl methyl sites for hydroxylation is 1. The van der Waals surface area contributed by atoms with Crippen LogP contribution < -0.4 is 10.2 Å². The third-order valence-electron chi connectivity index (χ3n) is 3.43. The zero-order valence-corrected chi connectivity index (χ0v) is 12.8. The Hall–Kier alpha value is -2.51. The van der Waals surface area contributed by atoms with Crippen molar-refractivity contribution in [2.24, 2.45) is 0 Å².